The van der Waals surface area contributed by atoms with Crippen LogP contribution in [0.2, 0.25) is 0 Å². The molecule has 2 heterocycles. The second kappa shape index (κ2) is 6.10. The molecule has 3 rings (SSSR count). The lowest BCUT2D eigenvalue weighted by atomic mass is 9.86. The SMILES string of the molecule is COc1nccnc1C(=O)C1(N2CCCCC2)CCCC1. The van der Waals surface area contributed by atoms with Gasteiger partial charge >= 0.3 is 0 Å². The molecule has 0 atom stereocenters. The maximum atomic E-state index is 13.2. The first kappa shape index (κ1) is 14.4. The second-order valence-electron chi connectivity index (χ2n) is 6.03. The third kappa shape index (κ3) is 2.55. The molecule has 5 heteroatoms. The van der Waals surface area contributed by atoms with Gasteiger partial charge in [0.05, 0.1) is 12.6 Å². The van der Waals surface area contributed by atoms with Crippen LogP contribution in [0.4, 0.5) is 0 Å². The molecule has 1 aromatic rings. The van der Waals surface area contributed by atoms with Gasteiger partial charge in [0, 0.05) is 12.4 Å². The molecule has 0 spiro atoms. The minimum atomic E-state index is -0.371. The highest BCUT2D eigenvalue weighted by molar-refractivity contribution is 6.03. The molecule has 2 aliphatic rings. The highest BCUT2D eigenvalue weighted by atomic mass is 16.5. The summed E-state index contributed by atoms with van der Waals surface area (Å²) in [6, 6.07) is 0. The summed E-state index contributed by atoms with van der Waals surface area (Å²) in [7, 11) is 1.54. The lowest BCUT2D eigenvalue weighted by Gasteiger charge is -2.42. The molecule has 0 aromatic carbocycles. The highest BCUT2D eigenvalue weighted by Crippen LogP contribution is 2.40. The van der Waals surface area contributed by atoms with Crippen molar-refractivity contribution in [2.45, 2.75) is 50.5 Å². The number of carbonyl (C=O) groups is 1. The van der Waals surface area contributed by atoms with Gasteiger partial charge in [0.15, 0.2) is 5.69 Å². The minimum absolute atomic E-state index is 0.104. The third-order valence-electron chi connectivity index (χ3n) is 4.89. The van der Waals surface area contributed by atoms with Crippen LogP contribution in [0, 0.1) is 0 Å². The summed E-state index contributed by atoms with van der Waals surface area (Å²) < 4.78 is 5.25. The monoisotopic (exact) mass is 289 g/mol. The van der Waals surface area contributed by atoms with E-state index in [1.54, 1.807) is 19.5 Å². The fourth-order valence-electron chi connectivity index (χ4n) is 3.82. The molecule has 1 saturated heterocycles. The Morgan fingerprint density at radius 2 is 1.76 bits per heavy atom. The normalized spacial score (nSPS) is 22.1. The summed E-state index contributed by atoms with van der Waals surface area (Å²) in [5, 5.41) is 0. The van der Waals surface area contributed by atoms with Crippen LogP contribution in [-0.2, 0) is 0 Å². The van der Waals surface area contributed by atoms with E-state index in [9.17, 15) is 4.79 Å². The number of ketones is 1. The van der Waals surface area contributed by atoms with Crippen LogP contribution in [-0.4, -0.2) is 46.4 Å². The summed E-state index contributed by atoms with van der Waals surface area (Å²) in [6.07, 6.45) is 10.9. The summed E-state index contributed by atoms with van der Waals surface area (Å²) in [5.41, 5.74) is 0.0245. The zero-order valence-corrected chi connectivity index (χ0v) is 12.7. The molecule has 21 heavy (non-hydrogen) atoms. The van der Waals surface area contributed by atoms with Crippen molar-refractivity contribution in [1.29, 1.82) is 0 Å². The van der Waals surface area contributed by atoms with E-state index in [0.717, 1.165) is 38.8 Å². The van der Waals surface area contributed by atoms with E-state index in [1.807, 2.05) is 0 Å². The average molecular weight is 289 g/mol. The van der Waals surface area contributed by atoms with Crippen molar-refractivity contribution in [1.82, 2.24) is 14.9 Å². The molecule has 114 valence electrons. The van der Waals surface area contributed by atoms with E-state index in [0.29, 0.717) is 11.6 Å². The van der Waals surface area contributed by atoms with Crippen molar-refractivity contribution in [2.75, 3.05) is 20.2 Å². The number of aromatic nitrogens is 2. The number of hydrogen-bond acceptors (Lipinski definition) is 5. The molecule has 1 saturated carbocycles. The van der Waals surface area contributed by atoms with Gasteiger partial charge in [0.2, 0.25) is 11.7 Å². The minimum Gasteiger partial charge on any atom is -0.479 e. The Morgan fingerprint density at radius 1 is 1.10 bits per heavy atom. The van der Waals surface area contributed by atoms with Crippen molar-refractivity contribution >= 4 is 5.78 Å². The lowest BCUT2D eigenvalue weighted by molar-refractivity contribution is 0.0468. The topological polar surface area (TPSA) is 55.3 Å². The van der Waals surface area contributed by atoms with Gasteiger partial charge in [-0.1, -0.05) is 19.3 Å². The van der Waals surface area contributed by atoms with Crippen LogP contribution < -0.4 is 4.74 Å². The average Bonchev–Trinajstić information content (AvgIpc) is 3.06. The molecule has 0 unspecified atom stereocenters. The van der Waals surface area contributed by atoms with Crippen LogP contribution >= 0.6 is 0 Å². The third-order valence-corrected chi connectivity index (χ3v) is 4.89. The van der Waals surface area contributed by atoms with E-state index < -0.39 is 0 Å². The lowest BCUT2D eigenvalue weighted by Crippen LogP contribution is -2.54. The summed E-state index contributed by atoms with van der Waals surface area (Å²) in [6.45, 7) is 2.04. The Kier molecular flexibility index (Phi) is 4.19. The van der Waals surface area contributed by atoms with Gasteiger partial charge in [-0.3, -0.25) is 9.69 Å². The number of hydrogen-bond donors (Lipinski definition) is 0. The first-order valence-electron chi connectivity index (χ1n) is 7.93. The van der Waals surface area contributed by atoms with E-state index >= 15 is 0 Å². The summed E-state index contributed by atoms with van der Waals surface area (Å²) in [5.74, 6) is 0.456. The van der Waals surface area contributed by atoms with Crippen molar-refractivity contribution in [3.8, 4) is 5.88 Å². The van der Waals surface area contributed by atoms with Gasteiger partial charge < -0.3 is 4.74 Å². The molecule has 1 aromatic heterocycles. The van der Waals surface area contributed by atoms with Gasteiger partial charge in [0.1, 0.15) is 0 Å². The number of carbonyl (C=O) groups excluding carboxylic acids is 1. The largest absolute Gasteiger partial charge is 0.479 e. The van der Waals surface area contributed by atoms with Crippen molar-refractivity contribution in [3.05, 3.63) is 18.1 Å². The first-order chi connectivity index (χ1) is 10.3. The Labute approximate surface area is 125 Å². The van der Waals surface area contributed by atoms with Crippen LogP contribution in [0.15, 0.2) is 12.4 Å². The quantitative estimate of drug-likeness (QED) is 0.797. The van der Waals surface area contributed by atoms with Gasteiger partial charge in [-0.15, -0.1) is 0 Å². The Morgan fingerprint density at radius 3 is 2.43 bits per heavy atom. The van der Waals surface area contributed by atoms with E-state index in [2.05, 4.69) is 14.9 Å². The molecule has 1 aliphatic heterocycles. The number of Topliss-reactive ketones (excluding diaryl/α,β-unsaturated/α-hetero) is 1. The Hall–Kier alpha value is -1.49. The first-order valence-corrected chi connectivity index (χ1v) is 7.93. The molecule has 0 radical (unpaired) electrons. The molecular formula is C16H23N3O2. The number of piperidine rings is 1. The number of nitrogens with zero attached hydrogens (tertiary/aromatic N) is 3. The standard InChI is InChI=1S/C16H23N3O2/c1-21-15-13(17-9-10-18-15)14(20)16(7-3-4-8-16)19-11-5-2-6-12-19/h9-10H,2-8,11-12H2,1H3. The van der Waals surface area contributed by atoms with Crippen molar-refractivity contribution < 1.29 is 9.53 Å². The van der Waals surface area contributed by atoms with Gasteiger partial charge in [-0.2, -0.15) is 0 Å². The van der Waals surface area contributed by atoms with Crippen LogP contribution in [0.25, 0.3) is 0 Å². The zero-order chi connectivity index (χ0) is 14.7. The maximum Gasteiger partial charge on any atom is 0.243 e. The second-order valence-corrected chi connectivity index (χ2v) is 6.03. The fourth-order valence-corrected chi connectivity index (χ4v) is 3.82. The maximum absolute atomic E-state index is 13.2. The number of rotatable bonds is 4. The smallest absolute Gasteiger partial charge is 0.243 e. The highest BCUT2D eigenvalue weighted by Gasteiger charge is 2.47. The molecule has 1 aliphatic carbocycles. The zero-order valence-electron chi connectivity index (χ0n) is 12.7. The van der Waals surface area contributed by atoms with Gasteiger partial charge in [0.25, 0.3) is 0 Å². The molecular weight excluding hydrogens is 266 g/mol. The van der Waals surface area contributed by atoms with E-state index in [-0.39, 0.29) is 11.3 Å². The Bertz CT molecular complexity index is 506. The van der Waals surface area contributed by atoms with Crippen LogP contribution in [0.3, 0.4) is 0 Å². The predicted octanol–water partition coefficient (Wildman–Crippen LogP) is 2.47. The number of methoxy groups -OCH3 is 1. The van der Waals surface area contributed by atoms with E-state index in [4.69, 9.17) is 4.74 Å². The van der Waals surface area contributed by atoms with E-state index in [1.165, 1.54) is 19.3 Å². The van der Waals surface area contributed by atoms with Crippen molar-refractivity contribution in [3.63, 3.8) is 0 Å². The predicted molar refractivity (Wildman–Crippen MR) is 79.5 cm³/mol. The van der Waals surface area contributed by atoms with Crippen LogP contribution in [0.5, 0.6) is 5.88 Å². The molecule has 0 bridgehead atoms. The summed E-state index contributed by atoms with van der Waals surface area (Å²) >= 11 is 0. The number of ether oxygens (including phenoxy) is 1. The Balaban J connectivity index is 1.95. The molecule has 2 fully saturated rings. The molecule has 0 N–H and O–H groups in total. The molecule has 0 amide bonds. The fraction of sp³-hybridized carbons (Fsp3) is 0.688. The van der Waals surface area contributed by atoms with Gasteiger partial charge in [-0.25, -0.2) is 9.97 Å². The van der Waals surface area contributed by atoms with Crippen molar-refractivity contribution in [2.24, 2.45) is 0 Å². The van der Waals surface area contributed by atoms with Gasteiger partial charge in [-0.05, 0) is 38.8 Å². The van der Waals surface area contributed by atoms with Crippen LogP contribution in [0.1, 0.15) is 55.4 Å². The number of likely N-dealkylation sites (tertiary alicyclic amines) is 1. The summed E-state index contributed by atoms with van der Waals surface area (Å²) in [4.78, 5) is 24.0. The molecule has 5 nitrogen and oxygen atoms in total.